The summed E-state index contributed by atoms with van der Waals surface area (Å²) in [5.74, 6) is 0.755. The van der Waals surface area contributed by atoms with Gasteiger partial charge in [-0.05, 0) is 49.8 Å². The Morgan fingerprint density at radius 3 is 1.93 bits per heavy atom. The van der Waals surface area contributed by atoms with E-state index in [2.05, 4.69) is 26.0 Å². The maximum atomic E-state index is 11.3. The SMILES string of the molecule is CCCCCCCCc1ccc(OCC(C)S(=O)(=O)O)c(CCCCCCCC)c1. The van der Waals surface area contributed by atoms with Crippen LogP contribution in [0.3, 0.4) is 0 Å². The number of hydrogen-bond donors (Lipinski definition) is 1. The summed E-state index contributed by atoms with van der Waals surface area (Å²) in [6.07, 6.45) is 17.2. The molecule has 0 spiro atoms. The average molecular weight is 441 g/mol. The summed E-state index contributed by atoms with van der Waals surface area (Å²) in [4.78, 5) is 0. The molecule has 174 valence electrons. The number of rotatable bonds is 18. The zero-order chi connectivity index (χ0) is 22.2. The first-order valence-electron chi connectivity index (χ1n) is 12.1. The second-order valence-corrected chi connectivity index (χ2v) is 10.4. The summed E-state index contributed by atoms with van der Waals surface area (Å²) >= 11 is 0. The Labute approximate surface area is 185 Å². The highest BCUT2D eigenvalue weighted by molar-refractivity contribution is 7.86. The van der Waals surface area contributed by atoms with Gasteiger partial charge in [-0.3, -0.25) is 4.55 Å². The lowest BCUT2D eigenvalue weighted by molar-refractivity contribution is 0.307. The molecule has 1 unspecified atom stereocenters. The van der Waals surface area contributed by atoms with E-state index in [1.807, 2.05) is 6.07 Å². The van der Waals surface area contributed by atoms with Gasteiger partial charge in [-0.25, -0.2) is 0 Å². The Balaban J connectivity index is 2.64. The Bertz CT molecular complexity index is 670. The molecule has 1 N–H and O–H groups in total. The minimum atomic E-state index is -4.07. The van der Waals surface area contributed by atoms with Crippen LogP contribution in [0.15, 0.2) is 18.2 Å². The van der Waals surface area contributed by atoms with E-state index in [0.29, 0.717) is 0 Å². The van der Waals surface area contributed by atoms with Crippen molar-refractivity contribution in [2.45, 2.75) is 116 Å². The zero-order valence-corrected chi connectivity index (χ0v) is 20.3. The van der Waals surface area contributed by atoms with Gasteiger partial charge in [0, 0.05) is 0 Å². The number of aryl methyl sites for hydroxylation is 2. The predicted octanol–water partition coefficient (Wildman–Crippen LogP) is 7.15. The van der Waals surface area contributed by atoms with Crippen molar-refractivity contribution < 1.29 is 17.7 Å². The van der Waals surface area contributed by atoms with Gasteiger partial charge in [0.1, 0.15) is 17.6 Å². The molecule has 0 aliphatic heterocycles. The van der Waals surface area contributed by atoms with Gasteiger partial charge in [-0.2, -0.15) is 8.42 Å². The van der Waals surface area contributed by atoms with Gasteiger partial charge < -0.3 is 4.74 Å². The van der Waals surface area contributed by atoms with Crippen molar-refractivity contribution in [1.29, 1.82) is 0 Å². The molecule has 0 saturated heterocycles. The van der Waals surface area contributed by atoms with Crippen LogP contribution < -0.4 is 4.74 Å². The highest BCUT2D eigenvalue weighted by atomic mass is 32.2. The molecule has 0 fully saturated rings. The molecular weight excluding hydrogens is 396 g/mol. The lowest BCUT2D eigenvalue weighted by Crippen LogP contribution is -2.24. The third-order valence-corrected chi connectivity index (χ3v) is 6.88. The van der Waals surface area contributed by atoms with Crippen molar-refractivity contribution in [2.75, 3.05) is 6.61 Å². The van der Waals surface area contributed by atoms with Crippen LogP contribution in [0.25, 0.3) is 0 Å². The average Bonchev–Trinajstić information content (AvgIpc) is 2.71. The molecule has 1 atom stereocenters. The van der Waals surface area contributed by atoms with Crippen LogP contribution in [-0.2, 0) is 23.0 Å². The molecule has 0 aliphatic carbocycles. The van der Waals surface area contributed by atoms with Gasteiger partial charge in [0.25, 0.3) is 10.1 Å². The third kappa shape index (κ3) is 11.9. The fraction of sp³-hybridized carbons (Fsp3) is 0.760. The molecule has 0 radical (unpaired) electrons. The summed E-state index contributed by atoms with van der Waals surface area (Å²) in [5, 5.41) is -0.929. The van der Waals surface area contributed by atoms with E-state index in [1.165, 1.54) is 83.1 Å². The fourth-order valence-corrected chi connectivity index (χ4v) is 3.86. The first-order chi connectivity index (χ1) is 14.4. The Kier molecular flexibility index (Phi) is 14.1. The van der Waals surface area contributed by atoms with E-state index >= 15 is 0 Å². The van der Waals surface area contributed by atoms with E-state index < -0.39 is 15.4 Å². The first-order valence-corrected chi connectivity index (χ1v) is 13.6. The molecule has 1 rings (SSSR count). The van der Waals surface area contributed by atoms with E-state index in [4.69, 9.17) is 4.74 Å². The smallest absolute Gasteiger partial charge is 0.270 e. The lowest BCUT2D eigenvalue weighted by Gasteiger charge is -2.15. The summed E-state index contributed by atoms with van der Waals surface area (Å²) < 4.78 is 37.5. The number of benzene rings is 1. The van der Waals surface area contributed by atoms with Gasteiger partial charge in [0.05, 0.1) is 0 Å². The summed E-state index contributed by atoms with van der Waals surface area (Å²) in [6, 6.07) is 6.32. The Morgan fingerprint density at radius 2 is 1.37 bits per heavy atom. The standard InChI is InChI=1S/C25H44O4S/c1-4-6-8-10-12-14-16-23-18-19-25(29-21-22(3)30(26,27)28)24(20-23)17-15-13-11-9-7-5-2/h18-20,22H,4-17,21H2,1-3H3,(H,26,27,28). The summed E-state index contributed by atoms with van der Waals surface area (Å²) in [6.45, 7) is 5.91. The Hall–Kier alpha value is -1.07. The van der Waals surface area contributed by atoms with Crippen molar-refractivity contribution >= 4 is 10.1 Å². The molecule has 0 aromatic heterocycles. The predicted molar refractivity (Wildman–Crippen MR) is 127 cm³/mol. The lowest BCUT2D eigenvalue weighted by atomic mass is 9.99. The fourth-order valence-electron chi connectivity index (χ4n) is 3.62. The molecular formula is C25H44O4S. The van der Waals surface area contributed by atoms with Crippen LogP contribution in [0.4, 0.5) is 0 Å². The van der Waals surface area contributed by atoms with Gasteiger partial charge in [-0.1, -0.05) is 90.2 Å². The van der Waals surface area contributed by atoms with E-state index in [0.717, 1.165) is 30.6 Å². The summed E-state index contributed by atoms with van der Waals surface area (Å²) in [7, 11) is -4.07. The molecule has 0 saturated carbocycles. The van der Waals surface area contributed by atoms with Crippen LogP contribution in [0.2, 0.25) is 0 Å². The molecule has 30 heavy (non-hydrogen) atoms. The second-order valence-electron chi connectivity index (χ2n) is 8.61. The molecule has 5 heteroatoms. The second kappa shape index (κ2) is 15.7. The molecule has 0 amide bonds. The summed E-state index contributed by atoms with van der Waals surface area (Å²) in [5.41, 5.74) is 2.50. The number of hydrogen-bond acceptors (Lipinski definition) is 3. The number of ether oxygens (including phenoxy) is 1. The molecule has 0 aliphatic rings. The zero-order valence-electron chi connectivity index (χ0n) is 19.5. The number of unbranched alkanes of at least 4 members (excludes halogenated alkanes) is 10. The largest absolute Gasteiger partial charge is 0.492 e. The van der Waals surface area contributed by atoms with Crippen molar-refractivity contribution in [2.24, 2.45) is 0 Å². The maximum absolute atomic E-state index is 11.3. The Morgan fingerprint density at radius 1 is 0.833 bits per heavy atom. The normalized spacial score (nSPS) is 12.8. The van der Waals surface area contributed by atoms with Gasteiger partial charge in [-0.15, -0.1) is 0 Å². The van der Waals surface area contributed by atoms with Crippen molar-refractivity contribution in [3.05, 3.63) is 29.3 Å². The van der Waals surface area contributed by atoms with E-state index in [1.54, 1.807) is 0 Å². The third-order valence-electron chi connectivity index (χ3n) is 5.73. The van der Waals surface area contributed by atoms with Crippen LogP contribution in [-0.4, -0.2) is 24.8 Å². The van der Waals surface area contributed by atoms with Gasteiger partial charge in [0.2, 0.25) is 0 Å². The van der Waals surface area contributed by atoms with Crippen LogP contribution in [0.5, 0.6) is 5.75 Å². The molecule has 4 nitrogen and oxygen atoms in total. The minimum Gasteiger partial charge on any atom is -0.492 e. The van der Waals surface area contributed by atoms with Crippen molar-refractivity contribution in [3.8, 4) is 5.75 Å². The van der Waals surface area contributed by atoms with Crippen molar-refractivity contribution in [3.63, 3.8) is 0 Å². The molecule has 1 aromatic rings. The topological polar surface area (TPSA) is 63.6 Å². The maximum Gasteiger partial charge on any atom is 0.270 e. The van der Waals surface area contributed by atoms with Crippen molar-refractivity contribution in [1.82, 2.24) is 0 Å². The van der Waals surface area contributed by atoms with Crippen LogP contribution in [0, 0.1) is 0 Å². The first kappa shape index (κ1) is 27.0. The van der Waals surface area contributed by atoms with E-state index in [9.17, 15) is 13.0 Å². The molecule has 1 aromatic carbocycles. The van der Waals surface area contributed by atoms with Crippen LogP contribution >= 0.6 is 0 Å². The quantitative estimate of drug-likeness (QED) is 0.194. The molecule has 0 heterocycles. The monoisotopic (exact) mass is 440 g/mol. The van der Waals surface area contributed by atoms with Crippen LogP contribution in [0.1, 0.15) is 109 Å². The molecule has 0 bridgehead atoms. The van der Waals surface area contributed by atoms with E-state index in [-0.39, 0.29) is 6.61 Å². The highest BCUT2D eigenvalue weighted by Gasteiger charge is 2.18. The highest BCUT2D eigenvalue weighted by Crippen LogP contribution is 2.25. The van der Waals surface area contributed by atoms with Gasteiger partial charge in [0.15, 0.2) is 0 Å². The minimum absolute atomic E-state index is 0.0287. The van der Waals surface area contributed by atoms with Gasteiger partial charge >= 0.3 is 0 Å².